The van der Waals surface area contributed by atoms with Gasteiger partial charge >= 0.3 is 5.97 Å². The largest absolute Gasteiger partial charge is 0.481 e. The molecule has 0 bridgehead atoms. The Bertz CT molecular complexity index is 521. The van der Waals surface area contributed by atoms with Gasteiger partial charge in [-0.15, -0.1) is 0 Å². The van der Waals surface area contributed by atoms with Crippen molar-refractivity contribution in [1.82, 2.24) is 4.90 Å². The van der Waals surface area contributed by atoms with Gasteiger partial charge in [-0.3, -0.25) is 9.59 Å². The van der Waals surface area contributed by atoms with Crippen molar-refractivity contribution in [3.8, 4) is 0 Å². The number of carboxylic acid groups (broad SMARTS) is 1. The second-order valence-electron chi connectivity index (χ2n) is 4.56. The van der Waals surface area contributed by atoms with Crippen LogP contribution in [-0.4, -0.2) is 35.0 Å². The number of carbonyl (C=O) groups is 2. The summed E-state index contributed by atoms with van der Waals surface area (Å²) in [6, 6.07) is 4.05. The van der Waals surface area contributed by atoms with Gasteiger partial charge in [-0.05, 0) is 47.0 Å². The lowest BCUT2D eigenvalue weighted by Gasteiger charge is -2.30. The molecule has 0 aliphatic carbocycles. The molecule has 0 radical (unpaired) electrons. The van der Waals surface area contributed by atoms with Crippen LogP contribution in [-0.2, 0) is 4.79 Å². The van der Waals surface area contributed by atoms with Gasteiger partial charge in [0, 0.05) is 18.7 Å². The van der Waals surface area contributed by atoms with Gasteiger partial charge in [-0.2, -0.15) is 0 Å². The molecule has 1 aromatic rings. The molecule has 1 N–H and O–H groups in total. The molecule has 0 spiro atoms. The van der Waals surface area contributed by atoms with Gasteiger partial charge < -0.3 is 10.0 Å². The molecule has 1 aliphatic rings. The maximum Gasteiger partial charge on any atom is 0.308 e. The van der Waals surface area contributed by atoms with Crippen molar-refractivity contribution in [2.75, 3.05) is 13.1 Å². The number of nitrogens with zero attached hydrogens (tertiary/aromatic N) is 1. The molecule has 0 saturated carbocycles. The van der Waals surface area contributed by atoms with E-state index in [1.54, 1.807) is 0 Å². The molecule has 0 aromatic heterocycles. The minimum atomic E-state index is -0.877. The zero-order valence-electron chi connectivity index (χ0n) is 10.1. The molecule has 1 aromatic carbocycles. The zero-order chi connectivity index (χ0) is 14.0. The lowest BCUT2D eigenvalue weighted by atomic mass is 9.97. The summed E-state index contributed by atoms with van der Waals surface area (Å²) < 4.78 is 13.3. The minimum Gasteiger partial charge on any atom is -0.481 e. The second-order valence-corrected chi connectivity index (χ2v) is 5.41. The number of aliphatic carboxylic acids is 1. The first-order valence-corrected chi connectivity index (χ1v) is 6.75. The third kappa shape index (κ3) is 3.12. The molecule has 19 heavy (non-hydrogen) atoms. The fourth-order valence-corrected chi connectivity index (χ4v) is 2.55. The van der Waals surface area contributed by atoms with Crippen LogP contribution in [0.3, 0.4) is 0 Å². The van der Waals surface area contributed by atoms with Crippen LogP contribution in [0.15, 0.2) is 22.7 Å². The Kier molecular flexibility index (Phi) is 4.19. The summed E-state index contributed by atoms with van der Waals surface area (Å²) in [5.41, 5.74) is 0.360. The highest BCUT2D eigenvalue weighted by atomic mass is 79.9. The van der Waals surface area contributed by atoms with Gasteiger partial charge in [0.1, 0.15) is 5.82 Å². The van der Waals surface area contributed by atoms with Crippen molar-refractivity contribution in [2.45, 2.75) is 12.8 Å². The zero-order valence-corrected chi connectivity index (χ0v) is 11.7. The molecular formula is C13H13BrFNO3. The molecule has 4 nitrogen and oxygen atoms in total. The molecule has 1 heterocycles. The van der Waals surface area contributed by atoms with E-state index < -0.39 is 17.7 Å². The Balaban J connectivity index is 2.14. The first-order chi connectivity index (χ1) is 8.99. The monoisotopic (exact) mass is 329 g/mol. The topological polar surface area (TPSA) is 57.6 Å². The maximum atomic E-state index is 13.1. The minimum absolute atomic E-state index is 0.211. The lowest BCUT2D eigenvalue weighted by molar-refractivity contribution is -0.143. The number of halogens is 2. The van der Waals surface area contributed by atoms with Crippen molar-refractivity contribution in [1.29, 1.82) is 0 Å². The summed E-state index contributed by atoms with van der Waals surface area (Å²) in [6.45, 7) is 0.751. The van der Waals surface area contributed by atoms with Crippen LogP contribution in [0.25, 0.3) is 0 Å². The molecule has 1 fully saturated rings. The SMILES string of the molecule is O=C(O)[C@@H]1CCCN(C(=O)c2ccc(F)c(Br)c2)C1. The highest BCUT2D eigenvalue weighted by molar-refractivity contribution is 9.10. The fourth-order valence-electron chi connectivity index (χ4n) is 2.17. The number of carboxylic acids is 1. The normalized spacial score (nSPS) is 19.3. The van der Waals surface area contributed by atoms with E-state index in [1.165, 1.54) is 23.1 Å². The highest BCUT2D eigenvalue weighted by Crippen LogP contribution is 2.21. The number of rotatable bonds is 2. The summed E-state index contributed by atoms with van der Waals surface area (Å²) in [6.07, 6.45) is 1.26. The summed E-state index contributed by atoms with van der Waals surface area (Å²) >= 11 is 3.03. The fraction of sp³-hybridized carbons (Fsp3) is 0.385. The first-order valence-electron chi connectivity index (χ1n) is 5.96. The van der Waals surface area contributed by atoms with Crippen LogP contribution >= 0.6 is 15.9 Å². The molecule has 0 unspecified atom stereocenters. The van der Waals surface area contributed by atoms with Gasteiger partial charge in [0.2, 0.25) is 0 Å². The van der Waals surface area contributed by atoms with Crippen LogP contribution in [0, 0.1) is 11.7 Å². The number of piperidine rings is 1. The maximum absolute atomic E-state index is 13.1. The lowest BCUT2D eigenvalue weighted by Crippen LogP contribution is -2.42. The predicted octanol–water partition coefficient (Wildman–Crippen LogP) is 2.53. The Morgan fingerprint density at radius 2 is 2.16 bits per heavy atom. The summed E-state index contributed by atoms with van der Waals surface area (Å²) in [5.74, 6) is -2.08. The van der Waals surface area contributed by atoms with Gasteiger partial charge in [0.25, 0.3) is 5.91 Å². The third-order valence-electron chi connectivity index (χ3n) is 3.22. The molecule has 6 heteroatoms. The van der Waals surface area contributed by atoms with E-state index in [0.29, 0.717) is 24.9 Å². The number of likely N-dealkylation sites (tertiary alicyclic amines) is 1. The van der Waals surface area contributed by atoms with Crippen LogP contribution in [0.5, 0.6) is 0 Å². The second kappa shape index (κ2) is 5.69. The Hall–Kier alpha value is -1.43. The number of hydrogen-bond acceptors (Lipinski definition) is 2. The first kappa shape index (κ1) is 14.0. The number of carbonyl (C=O) groups excluding carboxylic acids is 1. The smallest absolute Gasteiger partial charge is 0.308 e. The Morgan fingerprint density at radius 3 is 2.79 bits per heavy atom. The van der Waals surface area contributed by atoms with Gasteiger partial charge in [0.05, 0.1) is 10.4 Å². The highest BCUT2D eigenvalue weighted by Gasteiger charge is 2.28. The van der Waals surface area contributed by atoms with Crippen LogP contribution < -0.4 is 0 Å². The molecule has 2 rings (SSSR count). The van der Waals surface area contributed by atoms with Crippen molar-refractivity contribution in [3.05, 3.63) is 34.1 Å². The quantitative estimate of drug-likeness (QED) is 0.907. The standard InChI is InChI=1S/C13H13BrFNO3/c14-10-6-8(3-4-11(10)15)12(17)16-5-1-2-9(7-16)13(18)19/h3-4,6,9H,1-2,5,7H2,(H,18,19)/t9-/m1/s1. The van der Waals surface area contributed by atoms with Crippen molar-refractivity contribution in [2.24, 2.45) is 5.92 Å². The average Bonchev–Trinajstić information content (AvgIpc) is 2.41. The summed E-state index contributed by atoms with van der Waals surface area (Å²) in [4.78, 5) is 24.7. The van der Waals surface area contributed by atoms with Gasteiger partial charge in [-0.1, -0.05) is 0 Å². The van der Waals surface area contributed by atoms with E-state index >= 15 is 0 Å². The number of hydrogen-bond donors (Lipinski definition) is 1. The molecule has 1 aliphatic heterocycles. The van der Waals surface area contributed by atoms with E-state index in [2.05, 4.69) is 15.9 Å². The molecular weight excluding hydrogens is 317 g/mol. The number of amides is 1. The molecule has 102 valence electrons. The molecule has 1 atom stereocenters. The predicted molar refractivity (Wildman–Crippen MR) is 70.4 cm³/mol. The van der Waals surface area contributed by atoms with E-state index in [-0.39, 0.29) is 16.9 Å². The summed E-state index contributed by atoms with van der Waals surface area (Å²) in [5, 5.41) is 8.99. The van der Waals surface area contributed by atoms with Crippen LogP contribution in [0.2, 0.25) is 0 Å². The van der Waals surface area contributed by atoms with E-state index in [1.807, 2.05) is 0 Å². The Morgan fingerprint density at radius 1 is 1.42 bits per heavy atom. The van der Waals surface area contributed by atoms with Gasteiger partial charge in [0.15, 0.2) is 0 Å². The van der Waals surface area contributed by atoms with E-state index in [9.17, 15) is 14.0 Å². The Labute approximate surface area is 118 Å². The van der Waals surface area contributed by atoms with Crippen molar-refractivity contribution in [3.63, 3.8) is 0 Å². The van der Waals surface area contributed by atoms with Crippen molar-refractivity contribution < 1.29 is 19.1 Å². The van der Waals surface area contributed by atoms with E-state index in [4.69, 9.17) is 5.11 Å². The van der Waals surface area contributed by atoms with Crippen molar-refractivity contribution >= 4 is 27.8 Å². The number of benzene rings is 1. The molecule has 1 saturated heterocycles. The van der Waals surface area contributed by atoms with Crippen LogP contribution in [0.1, 0.15) is 23.2 Å². The van der Waals surface area contributed by atoms with Crippen LogP contribution in [0.4, 0.5) is 4.39 Å². The third-order valence-corrected chi connectivity index (χ3v) is 3.83. The average molecular weight is 330 g/mol. The van der Waals surface area contributed by atoms with Gasteiger partial charge in [-0.25, -0.2) is 4.39 Å². The molecule has 1 amide bonds. The summed E-state index contributed by atoms with van der Waals surface area (Å²) in [7, 11) is 0. The van der Waals surface area contributed by atoms with E-state index in [0.717, 1.165) is 0 Å².